The standard InChI is InChI=1S/C17H25N3O5/c1-6-7-15(21)18-10-16(22)19-12-9-14(25-5)13(24-4)8-11(12)17(23)20(2)3/h8-9H,6-7,10H2,1-5H3,(H,18,21)(H,19,22). The van der Waals surface area contributed by atoms with Crippen LogP contribution in [-0.2, 0) is 9.59 Å². The average molecular weight is 351 g/mol. The molecule has 0 saturated carbocycles. The first-order valence-corrected chi connectivity index (χ1v) is 7.88. The van der Waals surface area contributed by atoms with E-state index in [-0.39, 0.29) is 29.6 Å². The van der Waals surface area contributed by atoms with E-state index in [1.54, 1.807) is 14.1 Å². The Kier molecular flexibility index (Phi) is 7.71. The second-order valence-electron chi connectivity index (χ2n) is 5.53. The van der Waals surface area contributed by atoms with Crippen LogP contribution in [0.25, 0.3) is 0 Å². The van der Waals surface area contributed by atoms with Gasteiger partial charge in [0.05, 0.1) is 32.0 Å². The van der Waals surface area contributed by atoms with Crippen LogP contribution in [0.2, 0.25) is 0 Å². The number of benzene rings is 1. The molecule has 2 N–H and O–H groups in total. The second-order valence-corrected chi connectivity index (χ2v) is 5.53. The highest BCUT2D eigenvalue weighted by Gasteiger charge is 2.20. The Morgan fingerprint density at radius 3 is 2.16 bits per heavy atom. The smallest absolute Gasteiger partial charge is 0.255 e. The maximum atomic E-state index is 12.4. The first-order valence-electron chi connectivity index (χ1n) is 7.88. The summed E-state index contributed by atoms with van der Waals surface area (Å²) in [5, 5.41) is 5.16. The van der Waals surface area contributed by atoms with Gasteiger partial charge in [-0.15, -0.1) is 0 Å². The molecule has 0 fully saturated rings. The number of hydrogen-bond donors (Lipinski definition) is 2. The number of rotatable bonds is 8. The first kappa shape index (κ1) is 20.3. The van der Waals surface area contributed by atoms with Crippen molar-refractivity contribution in [1.82, 2.24) is 10.2 Å². The van der Waals surface area contributed by atoms with Gasteiger partial charge in [-0.25, -0.2) is 0 Å². The summed E-state index contributed by atoms with van der Waals surface area (Å²) in [6, 6.07) is 3.02. The minimum atomic E-state index is -0.440. The van der Waals surface area contributed by atoms with Gasteiger partial charge < -0.3 is 25.0 Å². The highest BCUT2D eigenvalue weighted by molar-refractivity contribution is 6.05. The molecule has 25 heavy (non-hydrogen) atoms. The summed E-state index contributed by atoms with van der Waals surface area (Å²) in [5.74, 6) is -0.185. The quantitative estimate of drug-likeness (QED) is 0.735. The van der Waals surface area contributed by atoms with Gasteiger partial charge in [-0.1, -0.05) is 6.92 Å². The van der Waals surface area contributed by atoms with Crippen molar-refractivity contribution in [2.24, 2.45) is 0 Å². The SMILES string of the molecule is CCCC(=O)NCC(=O)Nc1cc(OC)c(OC)cc1C(=O)N(C)C. The van der Waals surface area contributed by atoms with Crippen LogP contribution in [0.1, 0.15) is 30.1 Å². The Balaban J connectivity index is 3.04. The molecule has 0 aromatic heterocycles. The third-order valence-corrected chi connectivity index (χ3v) is 3.36. The number of anilines is 1. The minimum Gasteiger partial charge on any atom is -0.493 e. The maximum absolute atomic E-state index is 12.4. The molecule has 0 spiro atoms. The van der Waals surface area contributed by atoms with Crippen LogP contribution >= 0.6 is 0 Å². The van der Waals surface area contributed by atoms with Gasteiger partial charge in [-0.3, -0.25) is 14.4 Å². The summed E-state index contributed by atoms with van der Waals surface area (Å²) in [6.45, 7) is 1.70. The fourth-order valence-corrected chi connectivity index (χ4v) is 2.09. The molecule has 0 saturated heterocycles. The van der Waals surface area contributed by atoms with E-state index in [9.17, 15) is 14.4 Å². The van der Waals surface area contributed by atoms with E-state index >= 15 is 0 Å². The van der Waals surface area contributed by atoms with E-state index < -0.39 is 5.91 Å². The van der Waals surface area contributed by atoms with E-state index in [1.165, 1.54) is 31.3 Å². The zero-order valence-corrected chi connectivity index (χ0v) is 15.3. The molecule has 0 atom stereocenters. The zero-order valence-electron chi connectivity index (χ0n) is 15.3. The van der Waals surface area contributed by atoms with Crippen LogP contribution in [-0.4, -0.2) is 57.5 Å². The Morgan fingerprint density at radius 1 is 1.04 bits per heavy atom. The lowest BCUT2D eigenvalue weighted by Crippen LogP contribution is -2.33. The van der Waals surface area contributed by atoms with Crippen LogP contribution in [0.3, 0.4) is 0 Å². The number of nitrogens with zero attached hydrogens (tertiary/aromatic N) is 1. The monoisotopic (exact) mass is 351 g/mol. The largest absolute Gasteiger partial charge is 0.493 e. The van der Waals surface area contributed by atoms with Crippen LogP contribution < -0.4 is 20.1 Å². The molecule has 0 aliphatic heterocycles. The van der Waals surface area contributed by atoms with Crippen molar-refractivity contribution >= 4 is 23.4 Å². The van der Waals surface area contributed by atoms with Gasteiger partial charge >= 0.3 is 0 Å². The van der Waals surface area contributed by atoms with Crippen molar-refractivity contribution in [1.29, 1.82) is 0 Å². The molecule has 0 radical (unpaired) electrons. The lowest BCUT2D eigenvalue weighted by molar-refractivity contribution is -0.124. The van der Waals surface area contributed by atoms with E-state index in [0.717, 1.165) is 0 Å². The molecule has 1 rings (SSSR count). The first-order chi connectivity index (χ1) is 11.8. The van der Waals surface area contributed by atoms with Gasteiger partial charge in [0, 0.05) is 26.6 Å². The third kappa shape index (κ3) is 5.66. The Morgan fingerprint density at radius 2 is 1.64 bits per heavy atom. The molecule has 0 unspecified atom stereocenters. The number of carbonyl (C=O) groups is 3. The van der Waals surface area contributed by atoms with Gasteiger partial charge in [0.1, 0.15) is 0 Å². The summed E-state index contributed by atoms with van der Waals surface area (Å²) >= 11 is 0. The predicted octanol–water partition coefficient (Wildman–Crippen LogP) is 1.26. The Labute approximate surface area is 147 Å². The molecule has 138 valence electrons. The van der Waals surface area contributed by atoms with Crippen molar-refractivity contribution in [3.05, 3.63) is 17.7 Å². The molecule has 0 aliphatic carbocycles. The summed E-state index contributed by atoms with van der Waals surface area (Å²) in [5.41, 5.74) is 0.543. The average Bonchev–Trinajstić information content (AvgIpc) is 2.59. The number of methoxy groups -OCH3 is 2. The molecule has 0 aliphatic rings. The van der Waals surface area contributed by atoms with Crippen molar-refractivity contribution in [3.63, 3.8) is 0 Å². The van der Waals surface area contributed by atoms with Crippen molar-refractivity contribution in [2.45, 2.75) is 19.8 Å². The maximum Gasteiger partial charge on any atom is 0.255 e. The Hall–Kier alpha value is -2.77. The zero-order chi connectivity index (χ0) is 19.0. The number of hydrogen-bond acceptors (Lipinski definition) is 5. The molecular weight excluding hydrogens is 326 g/mol. The molecule has 8 nitrogen and oxygen atoms in total. The molecule has 0 bridgehead atoms. The van der Waals surface area contributed by atoms with Crippen LogP contribution in [0.5, 0.6) is 11.5 Å². The fraction of sp³-hybridized carbons (Fsp3) is 0.471. The molecule has 0 heterocycles. The van der Waals surface area contributed by atoms with E-state index in [4.69, 9.17) is 9.47 Å². The normalized spacial score (nSPS) is 9.96. The number of carbonyl (C=O) groups excluding carboxylic acids is 3. The van der Waals surface area contributed by atoms with Gasteiger partial charge in [-0.2, -0.15) is 0 Å². The van der Waals surface area contributed by atoms with E-state index in [1.807, 2.05) is 6.92 Å². The summed E-state index contributed by atoms with van der Waals surface area (Å²) in [4.78, 5) is 37.3. The summed E-state index contributed by atoms with van der Waals surface area (Å²) < 4.78 is 10.4. The lowest BCUT2D eigenvalue weighted by atomic mass is 10.1. The molecule has 1 aromatic carbocycles. The Bertz CT molecular complexity index is 643. The fourth-order valence-electron chi connectivity index (χ4n) is 2.09. The highest BCUT2D eigenvalue weighted by atomic mass is 16.5. The molecule has 8 heteroatoms. The van der Waals surface area contributed by atoms with Crippen molar-refractivity contribution in [3.8, 4) is 11.5 Å². The van der Waals surface area contributed by atoms with E-state index in [2.05, 4.69) is 10.6 Å². The van der Waals surface area contributed by atoms with Gasteiger partial charge in [0.2, 0.25) is 11.8 Å². The molecule has 1 aromatic rings. The number of amides is 3. The van der Waals surface area contributed by atoms with Gasteiger partial charge in [-0.05, 0) is 12.5 Å². The summed E-state index contributed by atoms with van der Waals surface area (Å²) in [6.07, 6.45) is 1.05. The molecular formula is C17H25N3O5. The number of ether oxygens (including phenoxy) is 2. The van der Waals surface area contributed by atoms with Crippen LogP contribution in [0.15, 0.2) is 12.1 Å². The van der Waals surface area contributed by atoms with Crippen molar-refractivity contribution in [2.75, 3.05) is 40.2 Å². The third-order valence-electron chi connectivity index (χ3n) is 3.36. The predicted molar refractivity (Wildman–Crippen MR) is 94.1 cm³/mol. The van der Waals surface area contributed by atoms with E-state index in [0.29, 0.717) is 24.3 Å². The van der Waals surface area contributed by atoms with Crippen LogP contribution in [0, 0.1) is 0 Å². The van der Waals surface area contributed by atoms with Gasteiger partial charge in [0.15, 0.2) is 11.5 Å². The van der Waals surface area contributed by atoms with Crippen LogP contribution in [0.4, 0.5) is 5.69 Å². The number of nitrogens with one attached hydrogen (secondary N) is 2. The van der Waals surface area contributed by atoms with Gasteiger partial charge in [0.25, 0.3) is 5.91 Å². The lowest BCUT2D eigenvalue weighted by Gasteiger charge is -2.18. The second kappa shape index (κ2) is 9.51. The summed E-state index contributed by atoms with van der Waals surface area (Å²) in [7, 11) is 6.14. The highest BCUT2D eigenvalue weighted by Crippen LogP contribution is 2.33. The molecule has 3 amide bonds. The van der Waals surface area contributed by atoms with Crippen molar-refractivity contribution < 1.29 is 23.9 Å². The topological polar surface area (TPSA) is 97.0 Å². The minimum absolute atomic E-state index is 0.178.